The fourth-order valence-corrected chi connectivity index (χ4v) is 2.85. The number of hydrogen-bond acceptors (Lipinski definition) is 3. The zero-order chi connectivity index (χ0) is 14.5. The topological polar surface area (TPSA) is 49.6 Å². The molecule has 0 radical (unpaired) electrons. The zero-order valence-electron chi connectivity index (χ0n) is 12.5. The summed E-state index contributed by atoms with van der Waals surface area (Å²) >= 11 is 0. The molecule has 0 bridgehead atoms. The van der Waals surface area contributed by atoms with Gasteiger partial charge in [-0.05, 0) is 25.5 Å². The van der Waals surface area contributed by atoms with Gasteiger partial charge in [0.05, 0.1) is 6.04 Å². The molecule has 1 aromatic rings. The Labute approximate surface area is 121 Å². The lowest BCUT2D eigenvalue weighted by molar-refractivity contribution is -0.131. The predicted molar refractivity (Wildman–Crippen MR) is 81.2 cm³/mol. The number of likely N-dealkylation sites (tertiary alicyclic amines) is 1. The molecular formula is C16H25N3O. The van der Waals surface area contributed by atoms with Gasteiger partial charge in [-0.25, -0.2) is 0 Å². The van der Waals surface area contributed by atoms with Crippen molar-refractivity contribution < 1.29 is 4.79 Å². The largest absolute Gasteiger partial charge is 0.340 e. The molecule has 4 nitrogen and oxygen atoms in total. The van der Waals surface area contributed by atoms with Gasteiger partial charge in [0.2, 0.25) is 5.91 Å². The van der Waals surface area contributed by atoms with E-state index in [1.807, 2.05) is 11.0 Å². The van der Waals surface area contributed by atoms with Gasteiger partial charge in [0.1, 0.15) is 0 Å². The Bertz CT molecular complexity index is 433. The first-order valence-corrected chi connectivity index (χ1v) is 7.44. The van der Waals surface area contributed by atoms with Gasteiger partial charge in [0.25, 0.3) is 0 Å². The van der Waals surface area contributed by atoms with E-state index in [1.165, 1.54) is 5.56 Å². The van der Waals surface area contributed by atoms with Crippen LogP contribution in [0.25, 0.3) is 0 Å². The first kappa shape index (κ1) is 15.0. The van der Waals surface area contributed by atoms with Gasteiger partial charge in [-0.1, -0.05) is 37.3 Å². The Morgan fingerprint density at radius 3 is 2.75 bits per heavy atom. The third kappa shape index (κ3) is 3.58. The highest BCUT2D eigenvalue weighted by atomic mass is 16.2. The first-order valence-electron chi connectivity index (χ1n) is 7.44. The van der Waals surface area contributed by atoms with Gasteiger partial charge in [0.15, 0.2) is 0 Å². The average molecular weight is 275 g/mol. The molecule has 0 aliphatic carbocycles. The van der Waals surface area contributed by atoms with Gasteiger partial charge >= 0.3 is 0 Å². The van der Waals surface area contributed by atoms with E-state index < -0.39 is 6.04 Å². The molecule has 4 heteroatoms. The van der Waals surface area contributed by atoms with E-state index in [1.54, 1.807) is 6.92 Å². The number of nitrogens with two attached hydrogens (primary N) is 1. The van der Waals surface area contributed by atoms with Crippen molar-refractivity contribution in [2.45, 2.75) is 38.9 Å². The SMILES string of the molecule is CCN(Cc1ccccc1)[C@H]1CCN(C(=O)C(C)N)C1. The van der Waals surface area contributed by atoms with E-state index in [-0.39, 0.29) is 5.91 Å². The normalized spacial score (nSPS) is 20.4. The Morgan fingerprint density at radius 1 is 1.45 bits per heavy atom. The van der Waals surface area contributed by atoms with Crippen molar-refractivity contribution in [1.82, 2.24) is 9.80 Å². The van der Waals surface area contributed by atoms with Crippen LogP contribution in [0.4, 0.5) is 0 Å². The summed E-state index contributed by atoms with van der Waals surface area (Å²) in [6, 6.07) is 10.6. The maximum Gasteiger partial charge on any atom is 0.239 e. The third-order valence-corrected chi connectivity index (χ3v) is 4.02. The number of benzene rings is 1. The highest BCUT2D eigenvalue weighted by Gasteiger charge is 2.30. The first-order chi connectivity index (χ1) is 9.61. The minimum Gasteiger partial charge on any atom is -0.340 e. The smallest absolute Gasteiger partial charge is 0.239 e. The van der Waals surface area contributed by atoms with E-state index in [4.69, 9.17) is 5.73 Å². The van der Waals surface area contributed by atoms with E-state index in [9.17, 15) is 4.79 Å². The molecule has 1 aromatic carbocycles. The minimum atomic E-state index is -0.391. The summed E-state index contributed by atoms with van der Waals surface area (Å²) in [6.45, 7) is 7.52. The number of amides is 1. The van der Waals surface area contributed by atoms with Crippen LogP contribution in [-0.2, 0) is 11.3 Å². The molecule has 2 rings (SSSR count). The standard InChI is InChI=1S/C16H25N3O/c1-3-18(11-14-7-5-4-6-8-14)15-9-10-19(12-15)16(20)13(2)17/h4-8,13,15H,3,9-12,17H2,1-2H3/t13?,15-/m0/s1. The van der Waals surface area contributed by atoms with Crippen molar-refractivity contribution in [2.75, 3.05) is 19.6 Å². The van der Waals surface area contributed by atoms with Gasteiger partial charge in [-0.15, -0.1) is 0 Å². The molecule has 1 aliphatic heterocycles. The molecule has 1 saturated heterocycles. The Morgan fingerprint density at radius 2 is 2.15 bits per heavy atom. The molecule has 110 valence electrons. The van der Waals surface area contributed by atoms with Crippen molar-refractivity contribution in [2.24, 2.45) is 5.73 Å². The van der Waals surface area contributed by atoms with Crippen LogP contribution in [0.15, 0.2) is 30.3 Å². The summed E-state index contributed by atoms with van der Waals surface area (Å²) in [5, 5.41) is 0. The van der Waals surface area contributed by atoms with Crippen LogP contribution in [0.2, 0.25) is 0 Å². The molecule has 1 aliphatic rings. The quantitative estimate of drug-likeness (QED) is 0.885. The van der Waals surface area contributed by atoms with Crippen LogP contribution in [0, 0.1) is 0 Å². The molecule has 1 unspecified atom stereocenters. The molecule has 0 saturated carbocycles. The maximum atomic E-state index is 11.9. The Kier molecular flexibility index (Phi) is 5.15. The molecular weight excluding hydrogens is 250 g/mol. The molecule has 1 heterocycles. The van der Waals surface area contributed by atoms with E-state index in [0.717, 1.165) is 32.6 Å². The maximum absolute atomic E-state index is 11.9. The number of likely N-dealkylation sites (N-methyl/N-ethyl adjacent to an activating group) is 1. The number of carbonyl (C=O) groups excluding carboxylic acids is 1. The van der Waals surface area contributed by atoms with Gasteiger partial charge in [0, 0.05) is 25.7 Å². The van der Waals surface area contributed by atoms with Crippen molar-refractivity contribution in [3.63, 3.8) is 0 Å². The second kappa shape index (κ2) is 6.86. The Hall–Kier alpha value is -1.39. The second-order valence-electron chi connectivity index (χ2n) is 5.56. The summed E-state index contributed by atoms with van der Waals surface area (Å²) in [7, 11) is 0. The summed E-state index contributed by atoms with van der Waals surface area (Å²) in [6.07, 6.45) is 1.04. The van der Waals surface area contributed by atoms with E-state index in [0.29, 0.717) is 6.04 Å². The minimum absolute atomic E-state index is 0.0725. The third-order valence-electron chi connectivity index (χ3n) is 4.02. The van der Waals surface area contributed by atoms with Gasteiger partial charge in [-0.2, -0.15) is 0 Å². The lowest BCUT2D eigenvalue weighted by atomic mass is 10.1. The van der Waals surface area contributed by atoms with Crippen LogP contribution in [0.3, 0.4) is 0 Å². The van der Waals surface area contributed by atoms with Crippen molar-refractivity contribution in [1.29, 1.82) is 0 Å². The van der Waals surface area contributed by atoms with Crippen LogP contribution >= 0.6 is 0 Å². The average Bonchev–Trinajstić information content (AvgIpc) is 2.94. The summed E-state index contributed by atoms with van der Waals surface area (Å²) in [4.78, 5) is 16.3. The Balaban J connectivity index is 1.95. The highest BCUT2D eigenvalue weighted by molar-refractivity contribution is 5.81. The van der Waals surface area contributed by atoms with Crippen LogP contribution in [0.1, 0.15) is 25.8 Å². The predicted octanol–water partition coefficient (Wildman–Crippen LogP) is 1.46. The lowest BCUT2D eigenvalue weighted by Crippen LogP contribution is -2.43. The second-order valence-corrected chi connectivity index (χ2v) is 5.56. The summed E-state index contributed by atoms with van der Waals surface area (Å²) in [5.74, 6) is 0.0725. The number of hydrogen-bond donors (Lipinski definition) is 1. The monoisotopic (exact) mass is 275 g/mol. The molecule has 1 fully saturated rings. The van der Waals surface area contributed by atoms with Gasteiger partial charge < -0.3 is 10.6 Å². The molecule has 0 aromatic heterocycles. The molecule has 0 spiro atoms. The number of carbonyl (C=O) groups is 1. The fourth-order valence-electron chi connectivity index (χ4n) is 2.85. The van der Waals surface area contributed by atoms with Crippen molar-refractivity contribution in [3.05, 3.63) is 35.9 Å². The van der Waals surface area contributed by atoms with Crippen molar-refractivity contribution in [3.8, 4) is 0 Å². The fraction of sp³-hybridized carbons (Fsp3) is 0.562. The lowest BCUT2D eigenvalue weighted by Gasteiger charge is -2.28. The number of nitrogens with zero attached hydrogens (tertiary/aromatic N) is 2. The molecule has 20 heavy (non-hydrogen) atoms. The van der Waals surface area contributed by atoms with Crippen LogP contribution in [-0.4, -0.2) is 47.4 Å². The summed E-state index contributed by atoms with van der Waals surface area (Å²) < 4.78 is 0. The molecule has 1 amide bonds. The highest BCUT2D eigenvalue weighted by Crippen LogP contribution is 2.18. The number of rotatable bonds is 5. The van der Waals surface area contributed by atoms with Crippen molar-refractivity contribution >= 4 is 5.91 Å². The van der Waals surface area contributed by atoms with Gasteiger partial charge in [-0.3, -0.25) is 9.69 Å². The van der Waals surface area contributed by atoms with Crippen LogP contribution in [0.5, 0.6) is 0 Å². The molecule has 2 atom stereocenters. The molecule has 2 N–H and O–H groups in total. The zero-order valence-corrected chi connectivity index (χ0v) is 12.5. The van der Waals surface area contributed by atoms with E-state index in [2.05, 4.69) is 36.1 Å². The van der Waals surface area contributed by atoms with E-state index >= 15 is 0 Å². The van der Waals surface area contributed by atoms with Crippen LogP contribution < -0.4 is 5.73 Å². The summed E-state index contributed by atoms with van der Waals surface area (Å²) in [5.41, 5.74) is 7.01.